The number of carboxylic acid groups (broad SMARTS) is 1. The van der Waals surface area contributed by atoms with E-state index in [0.717, 1.165) is 37.8 Å². The lowest BCUT2D eigenvalue weighted by atomic mass is 9.85. The highest BCUT2D eigenvalue weighted by atomic mass is 19.2. The molecule has 0 heterocycles. The van der Waals surface area contributed by atoms with E-state index in [2.05, 4.69) is 11.8 Å². The summed E-state index contributed by atoms with van der Waals surface area (Å²) in [5, 5.41) is 39.3. The van der Waals surface area contributed by atoms with Gasteiger partial charge in [0.05, 0.1) is 12.2 Å². The molecule has 1 aromatic carbocycles. The number of benzene rings is 1. The van der Waals surface area contributed by atoms with E-state index in [1.807, 2.05) is 0 Å². The van der Waals surface area contributed by atoms with E-state index >= 15 is 0 Å². The van der Waals surface area contributed by atoms with Crippen LogP contribution in [0.4, 0.5) is 8.78 Å². The van der Waals surface area contributed by atoms with Crippen LogP contribution >= 0.6 is 0 Å². The summed E-state index contributed by atoms with van der Waals surface area (Å²) in [7, 11) is 0. The zero-order valence-electron chi connectivity index (χ0n) is 16.9. The van der Waals surface area contributed by atoms with Crippen molar-refractivity contribution in [1.29, 1.82) is 0 Å². The van der Waals surface area contributed by atoms with E-state index < -0.39 is 35.9 Å². The number of hydrogen-bond acceptors (Lipinski definition) is 4. The molecule has 1 saturated carbocycles. The Morgan fingerprint density at radius 3 is 2.37 bits per heavy atom. The first kappa shape index (κ1) is 24.3. The monoisotopic (exact) mass is 424 g/mol. The molecule has 0 bridgehead atoms. The number of halogens is 2. The minimum Gasteiger partial charge on any atom is -0.481 e. The standard InChI is InChI=1S/C23H30F2O5/c24-19-12-8-15(13-20(19)25)7-9-16(26)10-11-18-17(21(27)14-22(18)28)5-3-1-2-4-6-23(29)30/h8,12-13,16-18,21-22,26-28H,1-6,10-11,14H2,(H,29,30)/t16?,17-,18-,21+,22-/m1/s1. The van der Waals surface area contributed by atoms with Crippen molar-refractivity contribution in [2.24, 2.45) is 11.8 Å². The molecule has 7 heteroatoms. The Labute approximate surface area is 175 Å². The summed E-state index contributed by atoms with van der Waals surface area (Å²) in [6, 6.07) is 3.29. The van der Waals surface area contributed by atoms with Gasteiger partial charge in [-0.1, -0.05) is 31.1 Å². The van der Waals surface area contributed by atoms with Crippen LogP contribution in [0.1, 0.15) is 63.4 Å². The first-order valence-corrected chi connectivity index (χ1v) is 10.5. The van der Waals surface area contributed by atoms with Crippen molar-refractivity contribution >= 4 is 5.97 Å². The van der Waals surface area contributed by atoms with Crippen molar-refractivity contribution in [2.45, 2.75) is 76.1 Å². The van der Waals surface area contributed by atoms with Crippen LogP contribution in [0.3, 0.4) is 0 Å². The molecule has 0 aliphatic heterocycles. The third-order valence-corrected chi connectivity index (χ3v) is 5.78. The Morgan fingerprint density at radius 1 is 1.03 bits per heavy atom. The second-order valence-electron chi connectivity index (χ2n) is 8.04. The maximum Gasteiger partial charge on any atom is 0.303 e. The fraction of sp³-hybridized carbons (Fsp3) is 0.609. The number of aliphatic hydroxyl groups is 3. The third kappa shape index (κ3) is 7.67. The van der Waals surface area contributed by atoms with E-state index in [1.54, 1.807) is 0 Å². The number of hydrogen-bond donors (Lipinski definition) is 4. The summed E-state index contributed by atoms with van der Waals surface area (Å²) in [5.41, 5.74) is 0.269. The molecule has 2 rings (SSSR count). The van der Waals surface area contributed by atoms with Gasteiger partial charge in [-0.25, -0.2) is 8.78 Å². The number of unbranched alkanes of at least 4 members (excludes halogenated alkanes) is 3. The minimum atomic E-state index is -0.995. The Hall–Kier alpha value is -2.01. The van der Waals surface area contributed by atoms with Crippen LogP contribution in [0.15, 0.2) is 18.2 Å². The summed E-state index contributed by atoms with van der Waals surface area (Å²) < 4.78 is 26.1. The van der Waals surface area contributed by atoms with E-state index in [9.17, 15) is 28.9 Å². The average molecular weight is 424 g/mol. The maximum absolute atomic E-state index is 13.2. The summed E-state index contributed by atoms with van der Waals surface area (Å²) >= 11 is 0. The van der Waals surface area contributed by atoms with Gasteiger partial charge < -0.3 is 20.4 Å². The molecule has 166 valence electrons. The number of carbonyl (C=O) groups is 1. The topological polar surface area (TPSA) is 98.0 Å². The lowest BCUT2D eigenvalue weighted by Crippen LogP contribution is -2.23. The van der Waals surface area contributed by atoms with Crippen molar-refractivity contribution in [3.05, 3.63) is 35.4 Å². The first-order valence-electron chi connectivity index (χ1n) is 10.5. The van der Waals surface area contributed by atoms with E-state index in [4.69, 9.17) is 5.11 Å². The molecule has 1 fully saturated rings. The van der Waals surface area contributed by atoms with E-state index in [0.29, 0.717) is 25.7 Å². The van der Waals surface area contributed by atoms with Crippen molar-refractivity contribution in [1.82, 2.24) is 0 Å². The lowest BCUT2D eigenvalue weighted by molar-refractivity contribution is -0.137. The van der Waals surface area contributed by atoms with Crippen molar-refractivity contribution in [3.8, 4) is 11.8 Å². The molecule has 1 aromatic rings. The normalized spacial score (nSPS) is 24.3. The maximum atomic E-state index is 13.2. The Balaban J connectivity index is 1.80. The second-order valence-corrected chi connectivity index (χ2v) is 8.04. The smallest absolute Gasteiger partial charge is 0.303 e. The number of carboxylic acids is 1. The molecule has 30 heavy (non-hydrogen) atoms. The van der Waals surface area contributed by atoms with Crippen LogP contribution in [0, 0.1) is 35.3 Å². The molecule has 1 aliphatic carbocycles. The predicted octanol–water partition coefficient (Wildman–Crippen LogP) is 3.24. The summed E-state index contributed by atoms with van der Waals surface area (Å²) in [5.74, 6) is 2.28. The molecular weight excluding hydrogens is 394 g/mol. The first-order chi connectivity index (χ1) is 14.3. The molecule has 0 saturated heterocycles. The highest BCUT2D eigenvalue weighted by molar-refractivity contribution is 5.66. The van der Waals surface area contributed by atoms with Gasteiger partial charge >= 0.3 is 5.97 Å². The summed E-state index contributed by atoms with van der Waals surface area (Å²) in [4.78, 5) is 10.5. The van der Waals surface area contributed by atoms with Crippen LogP contribution in [-0.4, -0.2) is 44.7 Å². The van der Waals surface area contributed by atoms with Gasteiger partial charge in [0.1, 0.15) is 6.10 Å². The van der Waals surface area contributed by atoms with Crippen LogP contribution in [0.25, 0.3) is 0 Å². The molecule has 0 spiro atoms. The lowest BCUT2D eigenvalue weighted by Gasteiger charge is -2.24. The average Bonchev–Trinajstić information content (AvgIpc) is 2.96. The van der Waals surface area contributed by atoms with Gasteiger partial charge in [-0.05, 0) is 62.1 Å². The Morgan fingerprint density at radius 2 is 1.70 bits per heavy atom. The molecule has 0 amide bonds. The number of rotatable bonds is 10. The summed E-state index contributed by atoms with van der Waals surface area (Å²) in [6.45, 7) is 0. The van der Waals surface area contributed by atoms with Crippen LogP contribution in [0.5, 0.6) is 0 Å². The molecular formula is C23H30F2O5. The highest BCUT2D eigenvalue weighted by Gasteiger charge is 2.40. The zero-order chi connectivity index (χ0) is 22.1. The van der Waals surface area contributed by atoms with Gasteiger partial charge in [0.15, 0.2) is 11.6 Å². The van der Waals surface area contributed by atoms with Crippen molar-refractivity contribution < 1.29 is 34.0 Å². The minimum absolute atomic E-state index is 0.0640. The predicted molar refractivity (Wildman–Crippen MR) is 107 cm³/mol. The third-order valence-electron chi connectivity index (χ3n) is 5.78. The number of aliphatic carboxylic acids is 1. The van der Waals surface area contributed by atoms with Crippen molar-refractivity contribution in [2.75, 3.05) is 0 Å². The quantitative estimate of drug-likeness (QED) is 0.342. The summed E-state index contributed by atoms with van der Waals surface area (Å²) in [6.07, 6.45) is 3.00. The SMILES string of the molecule is O=C(O)CCCCCC[C@@H]1[C@@H](CCC(O)C#Cc2ccc(F)c(F)c2)[C@H](O)C[C@@H]1O. The fourth-order valence-corrected chi connectivity index (χ4v) is 4.15. The molecule has 1 unspecified atom stereocenters. The Kier molecular flexibility index (Phi) is 9.70. The van der Waals surface area contributed by atoms with Crippen LogP contribution in [0.2, 0.25) is 0 Å². The number of aliphatic hydroxyl groups excluding tert-OH is 3. The molecule has 1 aliphatic rings. The molecule has 0 radical (unpaired) electrons. The van der Waals surface area contributed by atoms with E-state index in [-0.39, 0.29) is 23.8 Å². The highest BCUT2D eigenvalue weighted by Crippen LogP contribution is 2.39. The van der Waals surface area contributed by atoms with Crippen molar-refractivity contribution in [3.63, 3.8) is 0 Å². The fourth-order valence-electron chi connectivity index (χ4n) is 4.15. The van der Waals surface area contributed by atoms with Gasteiger partial charge in [0, 0.05) is 12.0 Å². The second kappa shape index (κ2) is 12.0. The zero-order valence-corrected chi connectivity index (χ0v) is 16.9. The molecule has 5 atom stereocenters. The van der Waals surface area contributed by atoms with Gasteiger partial charge in [0.25, 0.3) is 0 Å². The molecule has 0 aromatic heterocycles. The molecule has 5 nitrogen and oxygen atoms in total. The van der Waals surface area contributed by atoms with Crippen LogP contribution in [-0.2, 0) is 4.79 Å². The van der Waals surface area contributed by atoms with Crippen LogP contribution < -0.4 is 0 Å². The van der Waals surface area contributed by atoms with Gasteiger partial charge in [-0.3, -0.25) is 4.79 Å². The Bertz CT molecular complexity index is 758. The van der Waals surface area contributed by atoms with Gasteiger partial charge in [-0.15, -0.1) is 0 Å². The van der Waals surface area contributed by atoms with E-state index in [1.165, 1.54) is 6.07 Å². The van der Waals surface area contributed by atoms with Gasteiger partial charge in [-0.2, -0.15) is 0 Å². The molecule has 4 N–H and O–H groups in total. The largest absolute Gasteiger partial charge is 0.481 e. The van der Waals surface area contributed by atoms with Gasteiger partial charge in [0.2, 0.25) is 0 Å².